The van der Waals surface area contributed by atoms with Crippen LogP contribution in [0.25, 0.3) is 0 Å². The summed E-state index contributed by atoms with van der Waals surface area (Å²) in [6.07, 6.45) is 0.582. The maximum atomic E-state index is 13.4. The van der Waals surface area contributed by atoms with E-state index in [0.29, 0.717) is 25.1 Å². The van der Waals surface area contributed by atoms with E-state index in [1.807, 2.05) is 6.07 Å². The lowest BCUT2D eigenvalue weighted by Gasteiger charge is -2.06. The average molecular weight is 272 g/mol. The molecule has 0 amide bonds. The molecule has 0 saturated heterocycles. The molecule has 2 aromatic rings. The van der Waals surface area contributed by atoms with E-state index >= 15 is 0 Å². The van der Waals surface area contributed by atoms with Crippen molar-refractivity contribution in [2.24, 2.45) is 0 Å². The fraction of sp³-hybridized carbons (Fsp3) is 0.188. The van der Waals surface area contributed by atoms with E-state index in [1.54, 1.807) is 24.3 Å². The second-order valence-electron chi connectivity index (χ2n) is 4.44. The molecule has 0 spiro atoms. The maximum Gasteiger partial charge on any atom is 0.140 e. The molecule has 0 bridgehead atoms. The lowest BCUT2D eigenvalue weighted by molar-refractivity contribution is 0.597. The van der Waals surface area contributed by atoms with Crippen molar-refractivity contribution in [1.82, 2.24) is 5.32 Å². The number of rotatable bonds is 5. The van der Waals surface area contributed by atoms with Crippen LogP contribution in [-0.2, 0) is 13.0 Å². The molecule has 1 N–H and O–H groups in total. The highest BCUT2D eigenvalue weighted by molar-refractivity contribution is 5.34. The SMILES string of the molecule is N#Cc1cc(CNCCc2ccccc2F)ccc1F. The quantitative estimate of drug-likeness (QED) is 0.849. The molecule has 102 valence electrons. The van der Waals surface area contributed by atoms with Crippen LogP contribution in [0.15, 0.2) is 42.5 Å². The van der Waals surface area contributed by atoms with Crippen molar-refractivity contribution < 1.29 is 8.78 Å². The predicted octanol–water partition coefficient (Wildman–Crippen LogP) is 3.17. The second-order valence-corrected chi connectivity index (χ2v) is 4.44. The average Bonchev–Trinajstić information content (AvgIpc) is 2.47. The minimum atomic E-state index is -0.511. The van der Waals surface area contributed by atoms with Crippen LogP contribution in [0, 0.1) is 23.0 Å². The third kappa shape index (κ3) is 3.62. The summed E-state index contributed by atoms with van der Waals surface area (Å²) in [5.41, 5.74) is 1.53. The van der Waals surface area contributed by atoms with E-state index in [-0.39, 0.29) is 11.4 Å². The Kier molecular flexibility index (Phi) is 4.80. The molecular formula is C16H14F2N2. The van der Waals surface area contributed by atoms with Gasteiger partial charge in [-0.15, -0.1) is 0 Å². The van der Waals surface area contributed by atoms with Gasteiger partial charge < -0.3 is 5.32 Å². The van der Waals surface area contributed by atoms with Gasteiger partial charge in [0.25, 0.3) is 0 Å². The number of hydrogen-bond acceptors (Lipinski definition) is 2. The van der Waals surface area contributed by atoms with Gasteiger partial charge in [0.15, 0.2) is 0 Å². The van der Waals surface area contributed by atoms with Crippen molar-refractivity contribution in [2.75, 3.05) is 6.54 Å². The van der Waals surface area contributed by atoms with Crippen LogP contribution in [-0.4, -0.2) is 6.54 Å². The molecule has 0 aromatic heterocycles. The first-order chi connectivity index (χ1) is 9.70. The number of nitriles is 1. The number of hydrogen-bond donors (Lipinski definition) is 1. The standard InChI is InChI=1S/C16H14F2N2/c17-15-4-2-1-3-13(15)7-8-20-11-12-5-6-16(18)14(9-12)10-19/h1-6,9,20H,7-8,11H2. The Balaban J connectivity index is 1.85. The molecule has 2 rings (SSSR count). The summed E-state index contributed by atoms with van der Waals surface area (Å²) in [4.78, 5) is 0. The van der Waals surface area contributed by atoms with Gasteiger partial charge in [-0.3, -0.25) is 0 Å². The van der Waals surface area contributed by atoms with Gasteiger partial charge in [0, 0.05) is 6.54 Å². The third-order valence-corrected chi connectivity index (χ3v) is 3.01. The number of benzene rings is 2. The minimum Gasteiger partial charge on any atom is -0.312 e. The Labute approximate surface area is 116 Å². The molecule has 0 heterocycles. The molecule has 0 atom stereocenters. The van der Waals surface area contributed by atoms with Crippen molar-refractivity contribution in [1.29, 1.82) is 5.26 Å². The summed E-state index contributed by atoms with van der Waals surface area (Å²) in [5.74, 6) is -0.717. The van der Waals surface area contributed by atoms with E-state index in [4.69, 9.17) is 5.26 Å². The van der Waals surface area contributed by atoms with Gasteiger partial charge in [-0.1, -0.05) is 24.3 Å². The molecule has 0 aliphatic heterocycles. The zero-order chi connectivity index (χ0) is 14.4. The number of nitrogens with one attached hydrogen (secondary N) is 1. The molecule has 0 radical (unpaired) electrons. The fourth-order valence-corrected chi connectivity index (χ4v) is 1.92. The monoisotopic (exact) mass is 272 g/mol. The Hall–Kier alpha value is -2.25. The predicted molar refractivity (Wildman–Crippen MR) is 72.9 cm³/mol. The Morgan fingerprint density at radius 2 is 1.85 bits per heavy atom. The highest BCUT2D eigenvalue weighted by Crippen LogP contribution is 2.10. The van der Waals surface area contributed by atoms with Crippen LogP contribution in [0.5, 0.6) is 0 Å². The van der Waals surface area contributed by atoms with E-state index < -0.39 is 5.82 Å². The van der Waals surface area contributed by atoms with Crippen molar-refractivity contribution in [3.63, 3.8) is 0 Å². The van der Waals surface area contributed by atoms with Crippen molar-refractivity contribution >= 4 is 0 Å². The molecule has 4 heteroatoms. The van der Waals surface area contributed by atoms with Gasteiger partial charge in [0.05, 0.1) is 5.56 Å². The molecule has 0 aliphatic carbocycles. The molecule has 0 fully saturated rings. The summed E-state index contributed by atoms with van der Waals surface area (Å²) >= 11 is 0. The van der Waals surface area contributed by atoms with Crippen LogP contribution in [0.1, 0.15) is 16.7 Å². The molecule has 2 nitrogen and oxygen atoms in total. The molecular weight excluding hydrogens is 258 g/mol. The minimum absolute atomic E-state index is 0.0402. The first kappa shape index (κ1) is 14.2. The Morgan fingerprint density at radius 1 is 1.05 bits per heavy atom. The highest BCUT2D eigenvalue weighted by atomic mass is 19.1. The summed E-state index contributed by atoms with van der Waals surface area (Å²) in [6.45, 7) is 1.13. The smallest absolute Gasteiger partial charge is 0.140 e. The third-order valence-electron chi connectivity index (χ3n) is 3.01. The summed E-state index contributed by atoms with van der Waals surface area (Å²) < 4.78 is 26.5. The van der Waals surface area contributed by atoms with Gasteiger partial charge in [-0.2, -0.15) is 5.26 Å². The molecule has 20 heavy (non-hydrogen) atoms. The topological polar surface area (TPSA) is 35.8 Å². The molecule has 2 aromatic carbocycles. The summed E-state index contributed by atoms with van der Waals surface area (Å²) in [7, 11) is 0. The van der Waals surface area contributed by atoms with Gasteiger partial charge in [0.2, 0.25) is 0 Å². The van der Waals surface area contributed by atoms with E-state index in [9.17, 15) is 8.78 Å². The van der Waals surface area contributed by atoms with Crippen LogP contribution in [0.4, 0.5) is 8.78 Å². The van der Waals surface area contributed by atoms with Crippen molar-refractivity contribution in [3.8, 4) is 6.07 Å². The van der Waals surface area contributed by atoms with Crippen LogP contribution in [0.3, 0.4) is 0 Å². The highest BCUT2D eigenvalue weighted by Gasteiger charge is 2.03. The largest absolute Gasteiger partial charge is 0.312 e. The van der Waals surface area contributed by atoms with Crippen LogP contribution < -0.4 is 5.32 Å². The summed E-state index contributed by atoms with van der Waals surface area (Å²) in [5, 5.41) is 11.9. The normalized spacial score (nSPS) is 10.2. The Morgan fingerprint density at radius 3 is 2.60 bits per heavy atom. The van der Waals surface area contributed by atoms with Crippen LogP contribution in [0.2, 0.25) is 0 Å². The van der Waals surface area contributed by atoms with Gasteiger partial charge >= 0.3 is 0 Å². The molecule has 0 unspecified atom stereocenters. The van der Waals surface area contributed by atoms with E-state index in [2.05, 4.69) is 5.32 Å². The van der Waals surface area contributed by atoms with Crippen LogP contribution >= 0.6 is 0 Å². The lowest BCUT2D eigenvalue weighted by Crippen LogP contribution is -2.17. The first-order valence-electron chi connectivity index (χ1n) is 6.33. The zero-order valence-electron chi connectivity index (χ0n) is 10.9. The fourth-order valence-electron chi connectivity index (χ4n) is 1.92. The molecule has 0 saturated carbocycles. The second kappa shape index (κ2) is 6.78. The lowest BCUT2D eigenvalue weighted by atomic mass is 10.1. The van der Waals surface area contributed by atoms with Crippen molar-refractivity contribution in [3.05, 3.63) is 70.8 Å². The first-order valence-corrected chi connectivity index (χ1v) is 6.33. The zero-order valence-corrected chi connectivity index (χ0v) is 10.9. The van der Waals surface area contributed by atoms with Gasteiger partial charge in [0.1, 0.15) is 17.7 Å². The Bertz CT molecular complexity index is 633. The van der Waals surface area contributed by atoms with E-state index in [0.717, 1.165) is 5.56 Å². The molecule has 0 aliphatic rings. The van der Waals surface area contributed by atoms with Gasteiger partial charge in [-0.05, 0) is 42.3 Å². The van der Waals surface area contributed by atoms with Crippen molar-refractivity contribution in [2.45, 2.75) is 13.0 Å². The van der Waals surface area contributed by atoms with Gasteiger partial charge in [-0.25, -0.2) is 8.78 Å². The maximum absolute atomic E-state index is 13.4. The summed E-state index contributed by atoms with van der Waals surface area (Å²) in [6, 6.07) is 12.9. The van der Waals surface area contributed by atoms with E-state index in [1.165, 1.54) is 18.2 Å². The number of nitrogens with zero attached hydrogens (tertiary/aromatic N) is 1. The number of halogens is 2.